The van der Waals surface area contributed by atoms with Gasteiger partial charge < -0.3 is 19.1 Å². The molecule has 0 bridgehead atoms. The summed E-state index contributed by atoms with van der Waals surface area (Å²) in [6.07, 6.45) is 0. The number of para-hydroxylation sites is 1. The van der Waals surface area contributed by atoms with E-state index in [0.717, 1.165) is 70.8 Å². The second-order valence-corrected chi connectivity index (χ2v) is 9.69. The number of carbonyl (C=O) groups is 1. The van der Waals surface area contributed by atoms with E-state index in [1.54, 1.807) is 7.11 Å². The first-order valence-corrected chi connectivity index (χ1v) is 12.5. The lowest BCUT2D eigenvalue weighted by atomic mass is 10.1. The predicted molar refractivity (Wildman–Crippen MR) is 139 cm³/mol. The Morgan fingerprint density at radius 3 is 2.29 bits per heavy atom. The molecule has 0 atom stereocenters. The molecule has 5 nitrogen and oxygen atoms in total. The van der Waals surface area contributed by atoms with E-state index in [1.807, 2.05) is 42.2 Å². The van der Waals surface area contributed by atoms with Crippen LogP contribution in [0.25, 0.3) is 16.6 Å². The van der Waals surface area contributed by atoms with Gasteiger partial charge in [0.25, 0.3) is 5.91 Å². The number of fused-ring (bicyclic) bond motifs is 1. The molecule has 3 aromatic carbocycles. The molecule has 1 amide bonds. The topological polar surface area (TPSA) is 38.9 Å². The molecular formula is C28H29BrN3O2+. The smallest absolute Gasteiger partial charge is 0.256 e. The second-order valence-electron chi connectivity index (χ2n) is 8.84. The quantitative estimate of drug-likeness (QED) is 0.428. The first kappa shape index (κ1) is 22.7. The van der Waals surface area contributed by atoms with Gasteiger partial charge in [0.2, 0.25) is 0 Å². The molecule has 1 saturated heterocycles. The van der Waals surface area contributed by atoms with Crippen molar-refractivity contribution in [3.8, 4) is 11.4 Å². The fourth-order valence-corrected chi connectivity index (χ4v) is 5.49. The van der Waals surface area contributed by atoms with Crippen molar-refractivity contribution < 1.29 is 14.4 Å². The Kier molecular flexibility index (Phi) is 6.44. The van der Waals surface area contributed by atoms with Crippen molar-refractivity contribution in [1.29, 1.82) is 0 Å². The lowest BCUT2D eigenvalue weighted by Gasteiger charge is -2.32. The van der Waals surface area contributed by atoms with Crippen LogP contribution in [0.4, 0.5) is 0 Å². The number of halogens is 1. The number of aromatic nitrogens is 1. The largest absolute Gasteiger partial charge is 0.496 e. The summed E-state index contributed by atoms with van der Waals surface area (Å²) in [6, 6.07) is 24.8. The minimum absolute atomic E-state index is 0.0975. The van der Waals surface area contributed by atoms with E-state index in [1.165, 1.54) is 10.5 Å². The number of piperazine rings is 1. The zero-order valence-electron chi connectivity index (χ0n) is 19.6. The third kappa shape index (κ3) is 4.24. The molecule has 1 N–H and O–H groups in total. The molecule has 0 unspecified atom stereocenters. The number of nitrogens with zero attached hydrogens (tertiary/aromatic N) is 2. The van der Waals surface area contributed by atoms with Gasteiger partial charge in [-0.2, -0.15) is 0 Å². The third-order valence-electron chi connectivity index (χ3n) is 6.76. The van der Waals surface area contributed by atoms with E-state index in [9.17, 15) is 4.79 Å². The molecule has 5 rings (SSSR count). The summed E-state index contributed by atoms with van der Waals surface area (Å²) in [5.74, 6) is 0.823. The minimum Gasteiger partial charge on any atom is -0.496 e. The van der Waals surface area contributed by atoms with Crippen LogP contribution in [0, 0.1) is 6.92 Å². The highest BCUT2D eigenvalue weighted by atomic mass is 79.9. The van der Waals surface area contributed by atoms with Gasteiger partial charge in [-0.3, -0.25) is 4.79 Å². The van der Waals surface area contributed by atoms with Gasteiger partial charge >= 0.3 is 0 Å². The number of amides is 1. The van der Waals surface area contributed by atoms with Crippen molar-refractivity contribution in [3.63, 3.8) is 0 Å². The van der Waals surface area contributed by atoms with Crippen molar-refractivity contribution in [2.75, 3.05) is 33.3 Å². The number of hydrogen-bond donors (Lipinski definition) is 1. The van der Waals surface area contributed by atoms with Crippen LogP contribution in [0.1, 0.15) is 21.6 Å². The van der Waals surface area contributed by atoms with Crippen molar-refractivity contribution in [3.05, 3.63) is 94.1 Å². The summed E-state index contributed by atoms with van der Waals surface area (Å²) < 4.78 is 8.61. The molecule has 2 heterocycles. The lowest BCUT2D eigenvalue weighted by Crippen LogP contribution is -3.13. The summed E-state index contributed by atoms with van der Waals surface area (Å²) in [5.41, 5.74) is 5.09. The Hall–Kier alpha value is -3.09. The van der Waals surface area contributed by atoms with E-state index in [4.69, 9.17) is 4.74 Å². The molecular weight excluding hydrogens is 490 g/mol. The van der Waals surface area contributed by atoms with Gasteiger partial charge in [0.05, 0.1) is 48.8 Å². The zero-order valence-corrected chi connectivity index (χ0v) is 21.1. The first-order valence-electron chi connectivity index (χ1n) is 11.7. The second kappa shape index (κ2) is 9.65. The van der Waals surface area contributed by atoms with E-state index in [2.05, 4.69) is 63.0 Å². The highest BCUT2D eigenvalue weighted by Crippen LogP contribution is 2.37. The Morgan fingerprint density at radius 2 is 1.65 bits per heavy atom. The van der Waals surface area contributed by atoms with E-state index in [-0.39, 0.29) is 5.91 Å². The van der Waals surface area contributed by atoms with E-state index >= 15 is 0 Å². The van der Waals surface area contributed by atoms with Crippen LogP contribution in [-0.2, 0) is 6.54 Å². The highest BCUT2D eigenvalue weighted by molar-refractivity contribution is 9.10. The van der Waals surface area contributed by atoms with Crippen LogP contribution >= 0.6 is 15.9 Å². The third-order valence-corrected chi connectivity index (χ3v) is 7.38. The molecule has 0 aliphatic carbocycles. The van der Waals surface area contributed by atoms with Gasteiger partial charge in [-0.1, -0.05) is 48.5 Å². The molecule has 0 radical (unpaired) electrons. The Morgan fingerprint density at radius 1 is 1.00 bits per heavy atom. The molecule has 0 saturated carbocycles. The van der Waals surface area contributed by atoms with Gasteiger partial charge in [0.1, 0.15) is 12.3 Å². The number of benzene rings is 3. The molecule has 0 spiro atoms. The van der Waals surface area contributed by atoms with Crippen LogP contribution in [0.2, 0.25) is 0 Å². The minimum atomic E-state index is 0.0975. The zero-order chi connectivity index (χ0) is 23.7. The number of methoxy groups -OCH3 is 1. The lowest BCUT2D eigenvalue weighted by molar-refractivity contribution is -0.917. The monoisotopic (exact) mass is 518 g/mol. The maximum atomic E-state index is 13.9. The fourth-order valence-electron chi connectivity index (χ4n) is 5.00. The average Bonchev–Trinajstić information content (AvgIpc) is 3.15. The van der Waals surface area contributed by atoms with Crippen LogP contribution in [0.3, 0.4) is 0 Å². The molecule has 4 aromatic rings. The molecule has 1 aliphatic heterocycles. The number of quaternary nitrogens is 1. The number of rotatable bonds is 5. The molecule has 174 valence electrons. The number of ether oxygens (including phenoxy) is 1. The summed E-state index contributed by atoms with van der Waals surface area (Å²) in [6.45, 7) is 6.45. The van der Waals surface area contributed by atoms with Crippen LogP contribution in [-0.4, -0.2) is 48.7 Å². The fraction of sp³-hybridized carbons (Fsp3) is 0.250. The Labute approximate surface area is 208 Å². The summed E-state index contributed by atoms with van der Waals surface area (Å²) in [7, 11) is 1.66. The Balaban J connectivity index is 1.47. The Bertz CT molecular complexity index is 1310. The molecule has 34 heavy (non-hydrogen) atoms. The van der Waals surface area contributed by atoms with Crippen molar-refractivity contribution in [1.82, 2.24) is 9.47 Å². The van der Waals surface area contributed by atoms with Crippen LogP contribution < -0.4 is 9.64 Å². The van der Waals surface area contributed by atoms with Crippen LogP contribution in [0.5, 0.6) is 5.75 Å². The van der Waals surface area contributed by atoms with Gasteiger partial charge in [0.15, 0.2) is 0 Å². The summed E-state index contributed by atoms with van der Waals surface area (Å²) >= 11 is 3.63. The van der Waals surface area contributed by atoms with Crippen molar-refractivity contribution >= 4 is 32.7 Å². The van der Waals surface area contributed by atoms with Crippen molar-refractivity contribution in [2.45, 2.75) is 13.5 Å². The standard InChI is InChI=1S/C28H28BrN3O2/c1-20-27(28(33)31-15-13-30(14-16-31)19-21-9-5-3-6-10-21)23-17-26(34-2)24(29)18-25(23)32(20)22-11-7-4-8-12-22/h3-12,17-18H,13-16,19H2,1-2H3/p+1. The van der Waals surface area contributed by atoms with Gasteiger partial charge in [-0.05, 0) is 47.1 Å². The van der Waals surface area contributed by atoms with E-state index in [0.29, 0.717) is 0 Å². The molecule has 1 fully saturated rings. The van der Waals surface area contributed by atoms with Gasteiger partial charge in [-0.25, -0.2) is 0 Å². The summed E-state index contributed by atoms with van der Waals surface area (Å²) in [5, 5.41) is 0.922. The number of carbonyl (C=O) groups excluding carboxylic acids is 1. The first-order chi connectivity index (χ1) is 16.6. The molecule has 1 aromatic heterocycles. The highest BCUT2D eigenvalue weighted by Gasteiger charge is 2.29. The number of hydrogen-bond acceptors (Lipinski definition) is 2. The summed E-state index contributed by atoms with van der Waals surface area (Å²) in [4.78, 5) is 17.4. The van der Waals surface area contributed by atoms with E-state index < -0.39 is 0 Å². The van der Waals surface area contributed by atoms with Crippen molar-refractivity contribution in [2.24, 2.45) is 0 Å². The molecule has 1 aliphatic rings. The normalized spacial score (nSPS) is 14.5. The maximum absolute atomic E-state index is 13.9. The van der Waals surface area contributed by atoms with Gasteiger partial charge in [0, 0.05) is 22.3 Å². The predicted octanol–water partition coefficient (Wildman–Crippen LogP) is 4.25. The average molecular weight is 519 g/mol. The SMILES string of the molecule is COc1cc2c(C(=O)N3CC[NH+](Cc4ccccc4)CC3)c(C)n(-c3ccccc3)c2cc1Br. The maximum Gasteiger partial charge on any atom is 0.256 e. The number of nitrogens with one attached hydrogen (secondary N) is 1. The molecule has 6 heteroatoms. The van der Waals surface area contributed by atoms with Gasteiger partial charge in [-0.15, -0.1) is 0 Å². The van der Waals surface area contributed by atoms with Crippen LogP contribution in [0.15, 0.2) is 77.3 Å².